The van der Waals surface area contributed by atoms with Gasteiger partial charge in [0.15, 0.2) is 0 Å². The first-order valence-electron chi connectivity index (χ1n) is 12.4. The zero-order valence-electron chi connectivity index (χ0n) is 20.4. The number of amides is 2. The molecule has 3 N–H and O–H groups in total. The summed E-state index contributed by atoms with van der Waals surface area (Å²) in [6.45, 7) is 4.25. The number of hydrogen-bond acceptors (Lipinski definition) is 4. The molecule has 2 amide bonds. The van der Waals surface area contributed by atoms with Crippen molar-refractivity contribution in [1.29, 1.82) is 0 Å². The number of carboxylic acids is 1. The van der Waals surface area contributed by atoms with E-state index in [2.05, 4.69) is 34.9 Å². The quantitative estimate of drug-likeness (QED) is 0.510. The molecule has 2 unspecified atom stereocenters. The summed E-state index contributed by atoms with van der Waals surface area (Å²) in [6.07, 6.45) is 2.64. The predicted molar refractivity (Wildman–Crippen MR) is 133 cm³/mol. The van der Waals surface area contributed by atoms with Gasteiger partial charge in [-0.2, -0.15) is 0 Å². The highest BCUT2D eigenvalue weighted by Gasteiger charge is 2.31. The van der Waals surface area contributed by atoms with Crippen LogP contribution in [0.25, 0.3) is 11.1 Å². The minimum atomic E-state index is -0.789. The lowest BCUT2D eigenvalue weighted by atomic mass is 9.81. The Bertz CT molecular complexity index is 1050. The van der Waals surface area contributed by atoms with E-state index in [0.717, 1.165) is 24.0 Å². The Morgan fingerprint density at radius 1 is 1.00 bits per heavy atom. The van der Waals surface area contributed by atoms with Gasteiger partial charge in [-0.25, -0.2) is 4.79 Å². The second-order valence-electron chi connectivity index (χ2n) is 10.4. The standard InChI is InChI=1S/C28H34N2O5/c1-28(2,15-25(31)29-16-18-8-7-9-19(14-18)26(32)33)30-27(34)35-17-24-22-12-5-3-10-20(22)21-11-4-6-13-23(21)24/h3-6,10-13,18-19,24H,7-9,14-17H2,1-2H3,(H,29,31)(H,30,34)(H,32,33). The highest BCUT2D eigenvalue weighted by Crippen LogP contribution is 2.44. The van der Waals surface area contributed by atoms with Crippen LogP contribution in [0, 0.1) is 11.8 Å². The molecule has 2 aliphatic rings. The van der Waals surface area contributed by atoms with Crippen LogP contribution >= 0.6 is 0 Å². The van der Waals surface area contributed by atoms with Crippen molar-refractivity contribution in [3.8, 4) is 11.1 Å². The number of fused-ring (bicyclic) bond motifs is 3. The molecule has 2 aliphatic carbocycles. The van der Waals surface area contributed by atoms with Crippen LogP contribution in [0.4, 0.5) is 4.79 Å². The SMILES string of the molecule is CC(C)(CC(=O)NCC1CCCC(C(=O)O)C1)NC(=O)OCC1c2ccccc2-c2ccccc21. The summed E-state index contributed by atoms with van der Waals surface area (Å²) in [5, 5.41) is 15.0. The van der Waals surface area contributed by atoms with Gasteiger partial charge in [0.2, 0.25) is 5.91 Å². The maximum absolute atomic E-state index is 12.6. The molecule has 4 rings (SSSR count). The summed E-state index contributed by atoms with van der Waals surface area (Å²) in [4.78, 5) is 36.4. The second kappa shape index (κ2) is 10.5. The molecule has 0 heterocycles. The lowest BCUT2D eigenvalue weighted by Gasteiger charge is -2.28. The Labute approximate surface area is 206 Å². The summed E-state index contributed by atoms with van der Waals surface area (Å²) in [7, 11) is 0. The van der Waals surface area contributed by atoms with Gasteiger partial charge in [-0.15, -0.1) is 0 Å². The minimum Gasteiger partial charge on any atom is -0.481 e. The summed E-state index contributed by atoms with van der Waals surface area (Å²) in [6, 6.07) is 16.3. The highest BCUT2D eigenvalue weighted by atomic mass is 16.5. The minimum absolute atomic E-state index is 0.0234. The maximum Gasteiger partial charge on any atom is 0.407 e. The Kier molecular flexibility index (Phi) is 7.43. The van der Waals surface area contributed by atoms with E-state index in [-0.39, 0.29) is 36.7 Å². The van der Waals surface area contributed by atoms with Crippen LogP contribution in [0.3, 0.4) is 0 Å². The van der Waals surface area contributed by atoms with Crippen molar-refractivity contribution < 1.29 is 24.2 Å². The van der Waals surface area contributed by atoms with E-state index in [4.69, 9.17) is 4.74 Å². The van der Waals surface area contributed by atoms with Crippen LogP contribution < -0.4 is 10.6 Å². The summed E-state index contributed by atoms with van der Waals surface area (Å²) >= 11 is 0. The average molecular weight is 479 g/mol. The number of ether oxygens (including phenoxy) is 1. The van der Waals surface area contributed by atoms with Gasteiger partial charge >= 0.3 is 12.1 Å². The number of nitrogens with one attached hydrogen (secondary N) is 2. The molecule has 7 heteroatoms. The van der Waals surface area contributed by atoms with Crippen molar-refractivity contribution in [2.75, 3.05) is 13.2 Å². The van der Waals surface area contributed by atoms with Crippen molar-refractivity contribution in [3.05, 3.63) is 59.7 Å². The third kappa shape index (κ3) is 6.02. The van der Waals surface area contributed by atoms with Gasteiger partial charge in [0.25, 0.3) is 0 Å². The van der Waals surface area contributed by atoms with Gasteiger partial charge < -0.3 is 20.5 Å². The lowest BCUT2D eigenvalue weighted by molar-refractivity contribution is -0.143. The van der Waals surface area contributed by atoms with E-state index in [0.29, 0.717) is 19.4 Å². The second-order valence-corrected chi connectivity index (χ2v) is 10.4. The van der Waals surface area contributed by atoms with Crippen molar-refractivity contribution in [2.24, 2.45) is 11.8 Å². The van der Waals surface area contributed by atoms with E-state index in [9.17, 15) is 19.5 Å². The predicted octanol–water partition coefficient (Wildman–Crippen LogP) is 4.70. The number of aliphatic carboxylic acids is 1. The van der Waals surface area contributed by atoms with E-state index in [1.807, 2.05) is 24.3 Å². The van der Waals surface area contributed by atoms with Crippen LogP contribution in [0.1, 0.15) is 63.0 Å². The summed E-state index contributed by atoms with van der Waals surface area (Å²) in [5.41, 5.74) is 3.84. The van der Waals surface area contributed by atoms with Gasteiger partial charge in [0, 0.05) is 24.4 Å². The molecule has 186 valence electrons. The van der Waals surface area contributed by atoms with Gasteiger partial charge in [0.1, 0.15) is 6.61 Å². The topological polar surface area (TPSA) is 105 Å². The van der Waals surface area contributed by atoms with E-state index >= 15 is 0 Å². The molecule has 1 saturated carbocycles. The smallest absolute Gasteiger partial charge is 0.407 e. The van der Waals surface area contributed by atoms with Crippen LogP contribution in [-0.2, 0) is 14.3 Å². The average Bonchev–Trinajstić information content (AvgIpc) is 3.15. The van der Waals surface area contributed by atoms with Crippen molar-refractivity contribution >= 4 is 18.0 Å². The number of alkyl carbamates (subject to hydrolysis) is 1. The molecule has 0 bridgehead atoms. The van der Waals surface area contributed by atoms with Gasteiger partial charge in [0.05, 0.1) is 5.92 Å². The van der Waals surface area contributed by atoms with Gasteiger partial charge in [-0.05, 0) is 61.3 Å². The first-order valence-corrected chi connectivity index (χ1v) is 12.4. The van der Waals surface area contributed by atoms with Crippen LogP contribution in [0.2, 0.25) is 0 Å². The molecular weight excluding hydrogens is 444 g/mol. The molecule has 7 nitrogen and oxygen atoms in total. The molecule has 0 spiro atoms. The molecule has 2 aromatic rings. The number of hydrogen-bond donors (Lipinski definition) is 3. The number of carbonyl (C=O) groups excluding carboxylic acids is 2. The number of carbonyl (C=O) groups is 3. The first-order chi connectivity index (χ1) is 16.7. The molecule has 0 aromatic heterocycles. The van der Waals surface area contributed by atoms with Gasteiger partial charge in [-0.1, -0.05) is 55.0 Å². The normalized spacial score (nSPS) is 19.4. The molecule has 2 atom stereocenters. The molecule has 0 saturated heterocycles. The van der Waals surface area contributed by atoms with Crippen molar-refractivity contribution in [2.45, 2.75) is 57.4 Å². The van der Waals surface area contributed by atoms with E-state index in [1.54, 1.807) is 13.8 Å². The fraction of sp³-hybridized carbons (Fsp3) is 0.464. The fourth-order valence-corrected chi connectivity index (χ4v) is 5.38. The third-order valence-electron chi connectivity index (χ3n) is 7.11. The number of benzene rings is 2. The monoisotopic (exact) mass is 478 g/mol. The zero-order valence-corrected chi connectivity index (χ0v) is 20.4. The molecule has 0 radical (unpaired) electrons. The Morgan fingerprint density at radius 3 is 2.26 bits per heavy atom. The lowest BCUT2D eigenvalue weighted by Crippen LogP contribution is -2.47. The molecule has 1 fully saturated rings. The number of carboxylic acid groups (broad SMARTS) is 1. The molecule has 0 aliphatic heterocycles. The first kappa shape index (κ1) is 24.8. The fourth-order valence-electron chi connectivity index (χ4n) is 5.38. The van der Waals surface area contributed by atoms with E-state index in [1.165, 1.54) is 11.1 Å². The Morgan fingerprint density at radius 2 is 1.63 bits per heavy atom. The van der Waals surface area contributed by atoms with Crippen molar-refractivity contribution in [3.63, 3.8) is 0 Å². The van der Waals surface area contributed by atoms with Gasteiger partial charge in [-0.3, -0.25) is 9.59 Å². The van der Waals surface area contributed by atoms with Crippen LogP contribution in [-0.4, -0.2) is 41.8 Å². The highest BCUT2D eigenvalue weighted by molar-refractivity contribution is 5.80. The molecule has 35 heavy (non-hydrogen) atoms. The largest absolute Gasteiger partial charge is 0.481 e. The van der Waals surface area contributed by atoms with E-state index < -0.39 is 17.6 Å². The summed E-state index contributed by atoms with van der Waals surface area (Å²) < 4.78 is 5.61. The Balaban J connectivity index is 1.26. The van der Waals surface area contributed by atoms with Crippen LogP contribution in [0.15, 0.2) is 48.5 Å². The molecular formula is C28H34N2O5. The van der Waals surface area contributed by atoms with Crippen molar-refractivity contribution in [1.82, 2.24) is 10.6 Å². The van der Waals surface area contributed by atoms with Crippen LogP contribution in [0.5, 0.6) is 0 Å². The Hall–Kier alpha value is -3.35. The summed E-state index contributed by atoms with van der Waals surface area (Å²) in [5.74, 6) is -1.10. The molecule has 2 aromatic carbocycles. The maximum atomic E-state index is 12.6. The number of rotatable bonds is 8. The zero-order chi connectivity index (χ0) is 25.0. The third-order valence-corrected chi connectivity index (χ3v) is 7.11.